The summed E-state index contributed by atoms with van der Waals surface area (Å²) in [7, 11) is 2.00. The number of hydrogen-bond donors (Lipinski definition) is 1. The molecule has 4 nitrogen and oxygen atoms in total. The molecule has 0 heterocycles. The molecular formula is C17H32N2O2. The largest absolute Gasteiger partial charge is 0.378 e. The fourth-order valence-corrected chi connectivity index (χ4v) is 3.76. The normalized spacial score (nSPS) is 32.5. The fourth-order valence-electron chi connectivity index (χ4n) is 3.76. The van der Waals surface area contributed by atoms with Crippen LogP contribution in [0.2, 0.25) is 0 Å². The van der Waals surface area contributed by atoms with Crippen molar-refractivity contribution in [3.05, 3.63) is 0 Å². The number of nitrogens with zero attached hydrogens (tertiary/aromatic N) is 1. The van der Waals surface area contributed by atoms with Crippen LogP contribution in [0.15, 0.2) is 0 Å². The average molecular weight is 296 g/mol. The molecule has 0 aromatic heterocycles. The molecule has 21 heavy (non-hydrogen) atoms. The Morgan fingerprint density at radius 3 is 2.43 bits per heavy atom. The predicted molar refractivity (Wildman–Crippen MR) is 85.2 cm³/mol. The summed E-state index contributed by atoms with van der Waals surface area (Å²) in [6.07, 6.45) is 7.96. The molecule has 4 heteroatoms. The molecule has 0 unspecified atom stereocenters. The summed E-state index contributed by atoms with van der Waals surface area (Å²) in [5, 5.41) is 3.52. The zero-order valence-electron chi connectivity index (χ0n) is 13.9. The molecule has 0 aromatic carbocycles. The number of ether oxygens (including phenoxy) is 1. The van der Waals surface area contributed by atoms with Gasteiger partial charge in [-0.05, 0) is 57.9 Å². The summed E-state index contributed by atoms with van der Waals surface area (Å²) in [5.74, 6) is 0.886. The van der Waals surface area contributed by atoms with Gasteiger partial charge in [0, 0.05) is 32.2 Å². The molecule has 0 atom stereocenters. The first-order valence-corrected chi connectivity index (χ1v) is 8.74. The van der Waals surface area contributed by atoms with E-state index in [1.54, 1.807) is 0 Å². The Balaban J connectivity index is 1.66. The third-order valence-electron chi connectivity index (χ3n) is 5.19. The molecule has 2 saturated carbocycles. The fraction of sp³-hybridized carbons (Fsp3) is 0.941. The molecular weight excluding hydrogens is 264 g/mol. The number of carbonyl (C=O) groups excluding carboxylic acids is 1. The Hall–Kier alpha value is -0.610. The van der Waals surface area contributed by atoms with E-state index in [-0.39, 0.29) is 0 Å². The summed E-state index contributed by atoms with van der Waals surface area (Å²) in [6.45, 7) is 6.04. The van der Waals surface area contributed by atoms with Gasteiger partial charge in [0.1, 0.15) is 0 Å². The monoisotopic (exact) mass is 296 g/mol. The molecule has 2 aliphatic rings. The molecule has 0 radical (unpaired) electrons. The number of rotatable bonds is 7. The average Bonchev–Trinajstić information content (AvgIpc) is 2.45. The lowest BCUT2D eigenvalue weighted by Crippen LogP contribution is -2.44. The molecule has 0 aliphatic heterocycles. The van der Waals surface area contributed by atoms with E-state index < -0.39 is 0 Å². The SMILES string of the molecule is CCNC1CCC(N(C)C(=O)CC2CC(OCC)C2)CC1. The van der Waals surface area contributed by atoms with Crippen LogP contribution in [-0.4, -0.2) is 49.2 Å². The van der Waals surface area contributed by atoms with Crippen LogP contribution in [0.1, 0.15) is 58.8 Å². The standard InChI is InChI=1S/C17H32N2O2/c1-4-18-14-6-8-15(9-7-14)19(3)17(20)12-13-10-16(11-13)21-5-2/h13-16,18H,4-12H2,1-3H3. The Bertz CT molecular complexity index is 321. The summed E-state index contributed by atoms with van der Waals surface area (Å²) in [6, 6.07) is 1.11. The van der Waals surface area contributed by atoms with Crippen LogP contribution in [0.25, 0.3) is 0 Å². The van der Waals surface area contributed by atoms with Crippen molar-refractivity contribution in [2.24, 2.45) is 5.92 Å². The Labute approximate surface area is 129 Å². The number of nitrogens with one attached hydrogen (secondary N) is 1. The van der Waals surface area contributed by atoms with Crippen LogP contribution >= 0.6 is 0 Å². The highest BCUT2D eigenvalue weighted by Gasteiger charge is 2.33. The first kappa shape index (κ1) is 16.8. The van der Waals surface area contributed by atoms with Gasteiger partial charge in [-0.2, -0.15) is 0 Å². The molecule has 1 N–H and O–H groups in total. The van der Waals surface area contributed by atoms with E-state index in [0.717, 1.165) is 38.8 Å². The smallest absolute Gasteiger partial charge is 0.222 e. The van der Waals surface area contributed by atoms with Crippen molar-refractivity contribution >= 4 is 5.91 Å². The minimum Gasteiger partial charge on any atom is -0.378 e. The van der Waals surface area contributed by atoms with Crippen molar-refractivity contribution in [3.8, 4) is 0 Å². The van der Waals surface area contributed by atoms with E-state index in [4.69, 9.17) is 4.74 Å². The lowest BCUT2D eigenvalue weighted by molar-refractivity contribution is -0.136. The molecule has 2 aliphatic carbocycles. The van der Waals surface area contributed by atoms with E-state index >= 15 is 0 Å². The van der Waals surface area contributed by atoms with Crippen LogP contribution < -0.4 is 5.32 Å². The van der Waals surface area contributed by atoms with Gasteiger partial charge in [-0.1, -0.05) is 6.92 Å². The van der Waals surface area contributed by atoms with E-state index in [2.05, 4.69) is 12.2 Å². The van der Waals surface area contributed by atoms with E-state index in [1.807, 2.05) is 18.9 Å². The lowest BCUT2D eigenvalue weighted by atomic mass is 9.79. The molecule has 122 valence electrons. The Kier molecular flexibility index (Phi) is 6.49. The van der Waals surface area contributed by atoms with Crippen molar-refractivity contribution in [2.75, 3.05) is 20.2 Å². The highest BCUT2D eigenvalue weighted by molar-refractivity contribution is 5.76. The molecule has 0 spiro atoms. The van der Waals surface area contributed by atoms with Gasteiger partial charge < -0.3 is 15.0 Å². The number of amides is 1. The first-order chi connectivity index (χ1) is 10.1. The van der Waals surface area contributed by atoms with Gasteiger partial charge in [0.05, 0.1) is 6.10 Å². The van der Waals surface area contributed by atoms with Gasteiger partial charge in [0.25, 0.3) is 0 Å². The summed E-state index contributed by atoms with van der Waals surface area (Å²) in [5.41, 5.74) is 0. The first-order valence-electron chi connectivity index (χ1n) is 8.74. The quantitative estimate of drug-likeness (QED) is 0.785. The third kappa shape index (κ3) is 4.68. The highest BCUT2D eigenvalue weighted by Crippen LogP contribution is 2.33. The molecule has 1 amide bonds. The van der Waals surface area contributed by atoms with Crippen molar-refractivity contribution in [1.82, 2.24) is 10.2 Å². The summed E-state index contributed by atoms with van der Waals surface area (Å²) in [4.78, 5) is 14.4. The zero-order valence-corrected chi connectivity index (χ0v) is 13.9. The minimum absolute atomic E-state index is 0.335. The third-order valence-corrected chi connectivity index (χ3v) is 5.19. The van der Waals surface area contributed by atoms with Gasteiger partial charge >= 0.3 is 0 Å². The Morgan fingerprint density at radius 2 is 1.86 bits per heavy atom. The van der Waals surface area contributed by atoms with Gasteiger partial charge in [-0.25, -0.2) is 0 Å². The lowest BCUT2D eigenvalue weighted by Gasteiger charge is -2.38. The van der Waals surface area contributed by atoms with Gasteiger partial charge in [-0.15, -0.1) is 0 Å². The topological polar surface area (TPSA) is 41.6 Å². The minimum atomic E-state index is 0.335. The predicted octanol–water partition coefficient (Wildman–Crippen LogP) is 2.57. The second-order valence-electron chi connectivity index (χ2n) is 6.69. The van der Waals surface area contributed by atoms with Gasteiger partial charge in [0.2, 0.25) is 5.91 Å². The van der Waals surface area contributed by atoms with E-state index in [9.17, 15) is 4.79 Å². The molecule has 2 rings (SSSR count). The highest BCUT2D eigenvalue weighted by atomic mass is 16.5. The maximum Gasteiger partial charge on any atom is 0.222 e. The van der Waals surface area contributed by atoms with Crippen molar-refractivity contribution in [1.29, 1.82) is 0 Å². The van der Waals surface area contributed by atoms with E-state index in [0.29, 0.717) is 36.4 Å². The van der Waals surface area contributed by atoms with Crippen LogP contribution in [0.4, 0.5) is 0 Å². The second kappa shape index (κ2) is 8.14. The second-order valence-corrected chi connectivity index (χ2v) is 6.69. The molecule has 0 aromatic rings. The van der Waals surface area contributed by atoms with Gasteiger partial charge in [0.15, 0.2) is 0 Å². The van der Waals surface area contributed by atoms with E-state index in [1.165, 1.54) is 12.8 Å². The number of hydrogen-bond acceptors (Lipinski definition) is 3. The maximum absolute atomic E-state index is 12.4. The summed E-state index contributed by atoms with van der Waals surface area (Å²) >= 11 is 0. The molecule has 2 fully saturated rings. The zero-order chi connectivity index (χ0) is 15.2. The van der Waals surface area contributed by atoms with Crippen LogP contribution in [0, 0.1) is 5.92 Å². The van der Waals surface area contributed by atoms with Gasteiger partial charge in [-0.3, -0.25) is 4.79 Å². The van der Waals surface area contributed by atoms with Crippen LogP contribution in [0.3, 0.4) is 0 Å². The maximum atomic E-state index is 12.4. The summed E-state index contributed by atoms with van der Waals surface area (Å²) < 4.78 is 5.57. The van der Waals surface area contributed by atoms with Crippen molar-refractivity contribution < 1.29 is 9.53 Å². The van der Waals surface area contributed by atoms with Crippen LogP contribution in [0.5, 0.6) is 0 Å². The number of carbonyl (C=O) groups is 1. The molecule has 0 bridgehead atoms. The van der Waals surface area contributed by atoms with Crippen molar-refractivity contribution in [2.45, 2.75) is 77.0 Å². The van der Waals surface area contributed by atoms with Crippen molar-refractivity contribution in [3.63, 3.8) is 0 Å². The van der Waals surface area contributed by atoms with Crippen LogP contribution in [-0.2, 0) is 9.53 Å². The Morgan fingerprint density at radius 1 is 1.19 bits per heavy atom. The molecule has 0 saturated heterocycles.